The summed E-state index contributed by atoms with van der Waals surface area (Å²) in [5.74, 6) is 4.94. The molecule has 3 aliphatic rings. The van der Waals surface area contributed by atoms with Gasteiger partial charge in [0.05, 0.1) is 11.5 Å². The third-order valence-electron chi connectivity index (χ3n) is 8.53. The minimum atomic E-state index is 0.0422. The minimum Gasteiger partial charge on any atom is -0.198 e. The Morgan fingerprint density at radius 3 is 2.35 bits per heavy atom. The van der Waals surface area contributed by atoms with Crippen LogP contribution < -0.4 is 0 Å². The molecule has 0 amide bonds. The summed E-state index contributed by atoms with van der Waals surface area (Å²) in [5.41, 5.74) is 0.0422. The van der Waals surface area contributed by atoms with E-state index in [9.17, 15) is 5.26 Å². The van der Waals surface area contributed by atoms with Crippen molar-refractivity contribution < 1.29 is 0 Å². The van der Waals surface area contributed by atoms with Crippen molar-refractivity contribution in [3.8, 4) is 6.07 Å². The average Bonchev–Trinajstić information content (AvgIpc) is 2.68. The van der Waals surface area contributed by atoms with Gasteiger partial charge in [-0.1, -0.05) is 65.2 Å². The van der Waals surface area contributed by atoms with Crippen molar-refractivity contribution in [2.75, 3.05) is 0 Å². The first-order valence-electron chi connectivity index (χ1n) is 12.1. The Labute approximate surface area is 163 Å². The smallest absolute Gasteiger partial charge is 0.0689 e. The molecule has 6 unspecified atom stereocenters. The van der Waals surface area contributed by atoms with E-state index in [0.29, 0.717) is 0 Å². The quantitative estimate of drug-likeness (QED) is 0.405. The molecule has 0 aromatic heterocycles. The average molecular weight is 358 g/mol. The van der Waals surface area contributed by atoms with Crippen LogP contribution in [0.1, 0.15) is 117 Å². The molecule has 148 valence electrons. The van der Waals surface area contributed by atoms with Crippen molar-refractivity contribution in [2.45, 2.75) is 117 Å². The van der Waals surface area contributed by atoms with Crippen LogP contribution in [0.15, 0.2) is 0 Å². The SMILES string of the molecule is CCCCCC1CCC2C(CCC3CC(C#N)(CCCCC)CCC32)C1. The first-order chi connectivity index (χ1) is 12.7. The van der Waals surface area contributed by atoms with Crippen LogP contribution in [0.3, 0.4) is 0 Å². The number of fused-ring (bicyclic) bond motifs is 3. The van der Waals surface area contributed by atoms with Crippen molar-refractivity contribution in [3.05, 3.63) is 0 Å². The van der Waals surface area contributed by atoms with Gasteiger partial charge in [-0.3, -0.25) is 0 Å². The fraction of sp³-hybridized carbons (Fsp3) is 0.960. The Hall–Kier alpha value is -0.510. The fourth-order valence-corrected chi connectivity index (χ4v) is 7.07. The molecule has 0 spiro atoms. The zero-order chi connectivity index (χ0) is 18.4. The second-order valence-electron chi connectivity index (χ2n) is 10.2. The summed E-state index contributed by atoms with van der Waals surface area (Å²) in [4.78, 5) is 0. The van der Waals surface area contributed by atoms with Gasteiger partial charge in [0.1, 0.15) is 0 Å². The van der Waals surface area contributed by atoms with E-state index in [-0.39, 0.29) is 5.41 Å². The standard InChI is InChI=1S/C25H43N/c1-3-5-7-9-20-10-13-23-21(17-20)11-12-22-18-25(19-26,15-8-6-4-2)16-14-24(22)23/h20-24H,3-18H2,1-2H3. The van der Waals surface area contributed by atoms with Crippen molar-refractivity contribution in [2.24, 2.45) is 35.0 Å². The Kier molecular flexibility index (Phi) is 7.48. The van der Waals surface area contributed by atoms with E-state index < -0.39 is 0 Å². The van der Waals surface area contributed by atoms with E-state index >= 15 is 0 Å². The summed E-state index contributed by atoms with van der Waals surface area (Å²) in [6, 6.07) is 2.82. The van der Waals surface area contributed by atoms with E-state index in [1.807, 2.05) is 0 Å². The lowest BCUT2D eigenvalue weighted by atomic mass is 9.52. The van der Waals surface area contributed by atoms with E-state index in [0.717, 1.165) is 29.6 Å². The van der Waals surface area contributed by atoms with Crippen LogP contribution >= 0.6 is 0 Å². The van der Waals surface area contributed by atoms with Crippen LogP contribution in [-0.2, 0) is 0 Å². The molecule has 26 heavy (non-hydrogen) atoms. The molecular formula is C25H43N. The zero-order valence-corrected chi connectivity index (χ0v) is 17.6. The van der Waals surface area contributed by atoms with Crippen LogP contribution in [0.5, 0.6) is 0 Å². The maximum atomic E-state index is 9.95. The third kappa shape index (κ3) is 4.66. The first-order valence-corrected chi connectivity index (χ1v) is 12.1. The van der Waals surface area contributed by atoms with E-state index in [4.69, 9.17) is 0 Å². The Bertz CT molecular complexity index is 463. The number of rotatable bonds is 8. The van der Waals surface area contributed by atoms with Gasteiger partial charge < -0.3 is 0 Å². The number of unbranched alkanes of at least 4 members (excludes halogenated alkanes) is 4. The Morgan fingerprint density at radius 1 is 0.846 bits per heavy atom. The van der Waals surface area contributed by atoms with Gasteiger partial charge in [-0.05, 0) is 81.0 Å². The summed E-state index contributed by atoms with van der Waals surface area (Å²) in [6.07, 6.45) is 22.1. The fourth-order valence-electron chi connectivity index (χ4n) is 7.07. The second kappa shape index (κ2) is 9.61. The molecule has 3 rings (SSSR count). The monoisotopic (exact) mass is 357 g/mol. The Morgan fingerprint density at radius 2 is 1.58 bits per heavy atom. The lowest BCUT2D eigenvalue weighted by Crippen LogP contribution is -2.44. The summed E-state index contributed by atoms with van der Waals surface area (Å²) in [6.45, 7) is 4.60. The predicted molar refractivity (Wildman–Crippen MR) is 111 cm³/mol. The second-order valence-corrected chi connectivity index (χ2v) is 10.2. The lowest BCUT2D eigenvalue weighted by molar-refractivity contribution is -0.0181. The molecule has 3 saturated carbocycles. The Balaban J connectivity index is 1.53. The molecule has 0 aliphatic heterocycles. The third-order valence-corrected chi connectivity index (χ3v) is 8.53. The van der Waals surface area contributed by atoms with Crippen molar-refractivity contribution in [3.63, 3.8) is 0 Å². The van der Waals surface area contributed by atoms with Gasteiger partial charge in [0, 0.05) is 0 Å². The van der Waals surface area contributed by atoms with Gasteiger partial charge in [0.15, 0.2) is 0 Å². The van der Waals surface area contributed by atoms with E-state index in [1.165, 1.54) is 103 Å². The van der Waals surface area contributed by atoms with Crippen molar-refractivity contribution >= 4 is 0 Å². The molecule has 3 aliphatic carbocycles. The van der Waals surface area contributed by atoms with Gasteiger partial charge in [-0.15, -0.1) is 0 Å². The number of nitrogens with zero attached hydrogens (tertiary/aromatic N) is 1. The van der Waals surface area contributed by atoms with Crippen LogP contribution in [0.25, 0.3) is 0 Å². The molecule has 0 saturated heterocycles. The topological polar surface area (TPSA) is 23.8 Å². The van der Waals surface area contributed by atoms with Gasteiger partial charge in [-0.25, -0.2) is 0 Å². The van der Waals surface area contributed by atoms with Crippen LogP contribution in [-0.4, -0.2) is 0 Å². The van der Waals surface area contributed by atoms with Crippen molar-refractivity contribution in [1.82, 2.24) is 0 Å². The molecule has 0 bridgehead atoms. The molecule has 1 nitrogen and oxygen atoms in total. The van der Waals surface area contributed by atoms with Crippen LogP contribution in [0.2, 0.25) is 0 Å². The molecule has 0 heterocycles. The lowest BCUT2D eigenvalue weighted by Gasteiger charge is -2.52. The number of hydrogen-bond acceptors (Lipinski definition) is 1. The molecular weight excluding hydrogens is 314 g/mol. The summed E-state index contributed by atoms with van der Waals surface area (Å²) in [5, 5.41) is 9.95. The van der Waals surface area contributed by atoms with E-state index in [2.05, 4.69) is 19.9 Å². The molecule has 0 N–H and O–H groups in total. The molecule has 1 heteroatoms. The maximum Gasteiger partial charge on any atom is 0.0689 e. The normalized spacial score (nSPS) is 39.7. The van der Waals surface area contributed by atoms with Crippen molar-refractivity contribution in [1.29, 1.82) is 5.26 Å². The molecule has 0 aromatic carbocycles. The van der Waals surface area contributed by atoms with Gasteiger partial charge in [0.2, 0.25) is 0 Å². The zero-order valence-electron chi connectivity index (χ0n) is 17.6. The van der Waals surface area contributed by atoms with E-state index in [1.54, 1.807) is 0 Å². The highest BCUT2D eigenvalue weighted by Crippen LogP contribution is 2.57. The first kappa shape index (κ1) is 20.2. The largest absolute Gasteiger partial charge is 0.198 e. The van der Waals surface area contributed by atoms with Crippen LogP contribution in [0, 0.1) is 46.3 Å². The highest BCUT2D eigenvalue weighted by Gasteiger charge is 2.48. The molecule has 6 atom stereocenters. The number of nitriles is 1. The van der Waals surface area contributed by atoms with Crippen LogP contribution in [0.4, 0.5) is 0 Å². The predicted octanol–water partition coefficient (Wildman–Crippen LogP) is 7.90. The highest BCUT2D eigenvalue weighted by molar-refractivity contribution is 5.06. The summed E-state index contributed by atoms with van der Waals surface area (Å²) < 4.78 is 0. The van der Waals surface area contributed by atoms with Gasteiger partial charge in [-0.2, -0.15) is 5.26 Å². The summed E-state index contributed by atoms with van der Waals surface area (Å²) in [7, 11) is 0. The molecule has 0 radical (unpaired) electrons. The highest BCUT2D eigenvalue weighted by atomic mass is 14.5. The number of hydrogen-bond donors (Lipinski definition) is 0. The molecule has 0 aromatic rings. The maximum absolute atomic E-state index is 9.95. The van der Waals surface area contributed by atoms with Gasteiger partial charge >= 0.3 is 0 Å². The summed E-state index contributed by atoms with van der Waals surface area (Å²) >= 11 is 0. The minimum absolute atomic E-state index is 0.0422. The van der Waals surface area contributed by atoms with Gasteiger partial charge in [0.25, 0.3) is 0 Å². The molecule has 3 fully saturated rings.